The first-order chi connectivity index (χ1) is 10.6. The fraction of sp³-hybridized carbons (Fsp3) is 0.417. The fourth-order valence-electron chi connectivity index (χ4n) is 2.53. The van der Waals surface area contributed by atoms with Crippen LogP contribution in [-0.2, 0) is 4.74 Å². The lowest BCUT2D eigenvalue weighted by Gasteiger charge is -2.14. The molecule has 3 atom stereocenters. The van der Waals surface area contributed by atoms with Gasteiger partial charge in [-0.15, -0.1) is 12.3 Å². The number of anilines is 1. The van der Waals surface area contributed by atoms with Gasteiger partial charge in [-0.1, -0.05) is 5.11 Å². The van der Waals surface area contributed by atoms with Gasteiger partial charge in [0.05, 0.1) is 18.5 Å². The highest BCUT2D eigenvalue weighted by Gasteiger charge is 2.36. The largest absolute Gasteiger partial charge is 0.369 e. The van der Waals surface area contributed by atoms with Gasteiger partial charge in [0.2, 0.25) is 5.95 Å². The summed E-state index contributed by atoms with van der Waals surface area (Å²) in [5, 5.41) is 3.71. The minimum atomic E-state index is -0.479. The Balaban J connectivity index is 2.00. The van der Waals surface area contributed by atoms with E-state index in [1.54, 1.807) is 4.57 Å². The van der Waals surface area contributed by atoms with Crippen LogP contribution < -0.4 is 11.3 Å². The molecule has 0 aromatic carbocycles. The van der Waals surface area contributed by atoms with Crippen LogP contribution in [0.5, 0.6) is 0 Å². The van der Waals surface area contributed by atoms with E-state index in [2.05, 4.69) is 30.9 Å². The maximum atomic E-state index is 11.8. The molecule has 1 aliphatic heterocycles. The number of nitrogen functional groups attached to an aromatic ring is 1. The van der Waals surface area contributed by atoms with Gasteiger partial charge >= 0.3 is 0 Å². The van der Waals surface area contributed by atoms with Gasteiger partial charge in [0.1, 0.15) is 6.23 Å². The van der Waals surface area contributed by atoms with Crippen molar-refractivity contribution in [2.24, 2.45) is 5.11 Å². The van der Waals surface area contributed by atoms with E-state index in [9.17, 15) is 4.79 Å². The molecular weight excluding hydrogens is 288 g/mol. The van der Waals surface area contributed by atoms with E-state index >= 15 is 0 Å². The fourth-order valence-corrected chi connectivity index (χ4v) is 2.53. The summed E-state index contributed by atoms with van der Waals surface area (Å²) < 4.78 is 7.42. The standard InChI is InChI=1S/C12H12N8O2/c1-2-3-7-6(18-19-14)4-8(22-7)20-5-15-9-10(20)16-12(13)17-11(9)21/h1,5-8H,3-4H2,(H3,13,16,17,21)/t6-,7+,8+/m0/s1. The molecule has 1 aliphatic rings. The number of hydrogen-bond donors (Lipinski definition) is 2. The normalized spacial score (nSPS) is 24.0. The Hall–Kier alpha value is -3.02. The van der Waals surface area contributed by atoms with E-state index in [0.717, 1.165) is 0 Å². The molecule has 0 unspecified atom stereocenters. The summed E-state index contributed by atoms with van der Waals surface area (Å²) in [6.45, 7) is 0. The lowest BCUT2D eigenvalue weighted by Crippen LogP contribution is -2.18. The predicted molar refractivity (Wildman–Crippen MR) is 77.5 cm³/mol. The summed E-state index contributed by atoms with van der Waals surface area (Å²) in [7, 11) is 0. The number of rotatable bonds is 3. The molecule has 0 radical (unpaired) electrons. The average Bonchev–Trinajstić information content (AvgIpc) is 3.04. The van der Waals surface area contributed by atoms with Crippen molar-refractivity contribution in [3.63, 3.8) is 0 Å². The van der Waals surface area contributed by atoms with Crippen molar-refractivity contribution in [1.29, 1.82) is 0 Å². The first kappa shape index (κ1) is 13.9. The van der Waals surface area contributed by atoms with Crippen LogP contribution >= 0.6 is 0 Å². The molecule has 1 saturated heterocycles. The van der Waals surface area contributed by atoms with Crippen LogP contribution in [0.4, 0.5) is 5.95 Å². The highest BCUT2D eigenvalue weighted by molar-refractivity contribution is 5.70. The number of fused-ring (bicyclic) bond motifs is 1. The van der Waals surface area contributed by atoms with Crippen molar-refractivity contribution in [3.05, 3.63) is 27.1 Å². The SMILES string of the molecule is C#CC[C@H]1O[C@@H](n2cnc3c(=O)[nH]c(N)nc32)C[C@@H]1N=[N+]=[N-]. The van der Waals surface area contributed by atoms with Gasteiger partial charge in [-0.2, -0.15) is 4.98 Å². The molecule has 10 heteroatoms. The number of aromatic amines is 1. The van der Waals surface area contributed by atoms with Crippen LogP contribution in [0.25, 0.3) is 21.6 Å². The third-order valence-corrected chi connectivity index (χ3v) is 3.48. The van der Waals surface area contributed by atoms with Gasteiger partial charge in [0.15, 0.2) is 11.2 Å². The lowest BCUT2D eigenvalue weighted by atomic mass is 10.1. The number of ether oxygens (including phenoxy) is 1. The summed E-state index contributed by atoms with van der Waals surface area (Å²) in [4.78, 5) is 25.1. The third-order valence-electron chi connectivity index (χ3n) is 3.48. The predicted octanol–water partition coefficient (Wildman–Crippen LogP) is 0.692. The second-order valence-corrected chi connectivity index (χ2v) is 4.82. The molecule has 0 amide bonds. The molecule has 3 heterocycles. The van der Waals surface area contributed by atoms with Crippen molar-refractivity contribution < 1.29 is 4.74 Å². The van der Waals surface area contributed by atoms with Gasteiger partial charge in [0, 0.05) is 17.8 Å². The first-order valence-electron chi connectivity index (χ1n) is 6.49. The molecule has 112 valence electrons. The monoisotopic (exact) mass is 300 g/mol. The summed E-state index contributed by atoms with van der Waals surface area (Å²) >= 11 is 0. The maximum Gasteiger partial charge on any atom is 0.280 e. The van der Waals surface area contributed by atoms with Crippen LogP contribution in [-0.4, -0.2) is 31.7 Å². The quantitative estimate of drug-likeness (QED) is 0.370. The average molecular weight is 300 g/mol. The Labute approximate surface area is 123 Å². The van der Waals surface area contributed by atoms with Crippen LogP contribution in [0.2, 0.25) is 0 Å². The van der Waals surface area contributed by atoms with Crippen molar-refractivity contribution >= 4 is 17.1 Å². The second-order valence-electron chi connectivity index (χ2n) is 4.82. The molecule has 10 nitrogen and oxygen atoms in total. The zero-order chi connectivity index (χ0) is 15.7. The molecule has 0 spiro atoms. The number of terminal acetylenes is 1. The van der Waals surface area contributed by atoms with Crippen LogP contribution in [0.3, 0.4) is 0 Å². The molecule has 3 rings (SSSR count). The van der Waals surface area contributed by atoms with E-state index in [4.69, 9.17) is 22.4 Å². The van der Waals surface area contributed by atoms with E-state index < -0.39 is 11.8 Å². The number of nitrogens with one attached hydrogen (secondary N) is 1. The summed E-state index contributed by atoms with van der Waals surface area (Å²) in [5.74, 6) is 2.49. The maximum absolute atomic E-state index is 11.8. The van der Waals surface area contributed by atoms with Crippen LogP contribution in [0.1, 0.15) is 19.1 Å². The minimum Gasteiger partial charge on any atom is -0.369 e. The van der Waals surface area contributed by atoms with Gasteiger partial charge in [-0.3, -0.25) is 14.3 Å². The van der Waals surface area contributed by atoms with Crippen molar-refractivity contribution in [1.82, 2.24) is 19.5 Å². The number of nitrogens with two attached hydrogens (primary N) is 1. The zero-order valence-corrected chi connectivity index (χ0v) is 11.4. The Bertz CT molecular complexity index is 856. The zero-order valence-electron chi connectivity index (χ0n) is 11.4. The van der Waals surface area contributed by atoms with Gasteiger partial charge < -0.3 is 10.5 Å². The topological polar surface area (TPSA) is 148 Å². The van der Waals surface area contributed by atoms with Gasteiger partial charge in [0.25, 0.3) is 5.56 Å². The number of azide groups is 1. The molecule has 22 heavy (non-hydrogen) atoms. The molecule has 2 aromatic rings. The Kier molecular flexibility index (Phi) is 3.42. The molecule has 3 N–H and O–H groups in total. The molecule has 1 fully saturated rings. The van der Waals surface area contributed by atoms with Crippen molar-refractivity contribution in [3.8, 4) is 12.3 Å². The molecule has 2 aromatic heterocycles. The lowest BCUT2D eigenvalue weighted by molar-refractivity contribution is 0.00479. The molecular formula is C12H12N8O2. The van der Waals surface area contributed by atoms with Crippen molar-refractivity contribution in [2.45, 2.75) is 31.2 Å². The second kappa shape index (κ2) is 5.40. The minimum absolute atomic E-state index is 0.0102. The summed E-state index contributed by atoms with van der Waals surface area (Å²) in [5.41, 5.74) is 14.2. The van der Waals surface area contributed by atoms with Crippen LogP contribution in [0.15, 0.2) is 16.2 Å². The molecule has 0 aliphatic carbocycles. The highest BCUT2D eigenvalue weighted by Crippen LogP contribution is 2.33. The molecule has 0 saturated carbocycles. The van der Waals surface area contributed by atoms with E-state index in [-0.39, 0.29) is 23.6 Å². The Morgan fingerprint density at radius 3 is 3.27 bits per heavy atom. The summed E-state index contributed by atoms with van der Waals surface area (Å²) in [6, 6.07) is -0.386. The van der Waals surface area contributed by atoms with E-state index in [1.165, 1.54) is 6.33 Å². The van der Waals surface area contributed by atoms with E-state index in [1.807, 2.05) is 0 Å². The summed E-state index contributed by atoms with van der Waals surface area (Å²) in [6.07, 6.45) is 6.62. The number of imidazole rings is 1. The Morgan fingerprint density at radius 1 is 1.73 bits per heavy atom. The Morgan fingerprint density at radius 2 is 2.55 bits per heavy atom. The smallest absolute Gasteiger partial charge is 0.280 e. The third kappa shape index (κ3) is 2.24. The first-order valence-corrected chi connectivity index (χ1v) is 6.49. The number of hydrogen-bond acceptors (Lipinski definition) is 6. The van der Waals surface area contributed by atoms with Gasteiger partial charge in [-0.25, -0.2) is 4.98 Å². The van der Waals surface area contributed by atoms with Crippen molar-refractivity contribution in [2.75, 3.05) is 5.73 Å². The van der Waals surface area contributed by atoms with Crippen LogP contribution in [0, 0.1) is 12.3 Å². The number of aromatic nitrogens is 4. The van der Waals surface area contributed by atoms with Gasteiger partial charge in [-0.05, 0) is 5.53 Å². The highest BCUT2D eigenvalue weighted by atomic mass is 16.5. The van der Waals surface area contributed by atoms with E-state index in [0.29, 0.717) is 18.5 Å². The number of nitrogens with zero attached hydrogens (tertiary/aromatic N) is 6. The number of H-pyrrole nitrogens is 1. The molecule has 0 bridgehead atoms.